The Morgan fingerprint density at radius 3 is 2.83 bits per heavy atom. The molecule has 0 saturated heterocycles. The lowest BCUT2D eigenvalue weighted by Gasteiger charge is -2.18. The van der Waals surface area contributed by atoms with E-state index in [-0.39, 0.29) is 0 Å². The predicted octanol–water partition coefficient (Wildman–Crippen LogP) is 2.00. The van der Waals surface area contributed by atoms with E-state index in [1.807, 2.05) is 0 Å². The molecule has 0 saturated carbocycles. The molecule has 6 heteroatoms. The molecular formula is C12H14BrNO4. The number of hydrogen-bond acceptors (Lipinski definition) is 4. The van der Waals surface area contributed by atoms with E-state index in [4.69, 9.17) is 20.3 Å². The molecule has 1 heterocycles. The van der Waals surface area contributed by atoms with Gasteiger partial charge in [-0.15, -0.1) is 0 Å². The number of aliphatic carboxylic acids is 1. The van der Waals surface area contributed by atoms with Gasteiger partial charge in [-0.1, -0.05) is 15.9 Å². The Morgan fingerprint density at radius 2 is 2.17 bits per heavy atom. The second-order valence-electron chi connectivity index (χ2n) is 4.09. The summed E-state index contributed by atoms with van der Waals surface area (Å²) in [7, 11) is 0. The second-order valence-corrected chi connectivity index (χ2v) is 4.95. The Hall–Kier alpha value is -1.27. The van der Waals surface area contributed by atoms with E-state index in [2.05, 4.69) is 15.9 Å². The highest BCUT2D eigenvalue weighted by atomic mass is 79.9. The lowest BCUT2D eigenvalue weighted by atomic mass is 10.0. The van der Waals surface area contributed by atoms with Crippen LogP contribution >= 0.6 is 15.9 Å². The molecule has 0 aliphatic carbocycles. The number of halogens is 1. The van der Waals surface area contributed by atoms with Crippen LogP contribution in [-0.4, -0.2) is 24.3 Å². The van der Waals surface area contributed by atoms with Gasteiger partial charge in [0.15, 0.2) is 11.5 Å². The molecule has 98 valence electrons. The van der Waals surface area contributed by atoms with Gasteiger partial charge < -0.3 is 20.3 Å². The van der Waals surface area contributed by atoms with Gasteiger partial charge in [0.25, 0.3) is 0 Å². The molecule has 1 aromatic rings. The van der Waals surface area contributed by atoms with Crippen molar-refractivity contribution in [3.05, 3.63) is 21.7 Å². The van der Waals surface area contributed by atoms with Gasteiger partial charge in [-0.05, 0) is 13.0 Å². The lowest BCUT2D eigenvalue weighted by Crippen LogP contribution is -2.22. The standard InChI is InChI=1S/C12H14BrNO4/c1-6-9(10(14)12(15)16)7(13)5-8-11(6)18-4-2-3-17-8/h5,10H,2-4,14H2,1H3,(H,15,16). The number of carboxylic acid groups (broad SMARTS) is 1. The second kappa shape index (κ2) is 5.16. The first-order chi connectivity index (χ1) is 8.52. The van der Waals surface area contributed by atoms with Crippen LogP contribution in [0.2, 0.25) is 0 Å². The summed E-state index contributed by atoms with van der Waals surface area (Å²) in [6, 6.07) is 0.628. The van der Waals surface area contributed by atoms with Crippen molar-refractivity contribution in [2.45, 2.75) is 19.4 Å². The third kappa shape index (κ3) is 2.30. The number of hydrogen-bond donors (Lipinski definition) is 2. The first kappa shape index (κ1) is 13.2. The third-order valence-corrected chi connectivity index (χ3v) is 3.51. The molecule has 1 aromatic carbocycles. The van der Waals surface area contributed by atoms with E-state index in [0.717, 1.165) is 6.42 Å². The minimum atomic E-state index is -1.09. The van der Waals surface area contributed by atoms with E-state index in [9.17, 15) is 4.79 Å². The third-order valence-electron chi connectivity index (χ3n) is 2.85. The molecule has 0 spiro atoms. The van der Waals surface area contributed by atoms with E-state index in [1.165, 1.54) is 0 Å². The predicted molar refractivity (Wildman–Crippen MR) is 69.1 cm³/mol. The minimum absolute atomic E-state index is 0.520. The number of fused-ring (bicyclic) bond motifs is 1. The Kier molecular flexibility index (Phi) is 3.77. The van der Waals surface area contributed by atoms with Crippen LogP contribution in [0.5, 0.6) is 11.5 Å². The molecule has 1 atom stereocenters. The summed E-state index contributed by atoms with van der Waals surface area (Å²) >= 11 is 3.34. The number of nitrogens with two attached hydrogens (primary N) is 1. The van der Waals surface area contributed by atoms with Crippen molar-refractivity contribution in [3.8, 4) is 11.5 Å². The zero-order valence-electron chi connectivity index (χ0n) is 9.90. The van der Waals surface area contributed by atoms with E-state index in [0.29, 0.717) is 40.3 Å². The molecule has 0 amide bonds. The maximum Gasteiger partial charge on any atom is 0.325 e. The number of carbonyl (C=O) groups is 1. The normalized spacial score (nSPS) is 15.9. The minimum Gasteiger partial charge on any atom is -0.490 e. The van der Waals surface area contributed by atoms with Crippen LogP contribution in [-0.2, 0) is 4.79 Å². The fourth-order valence-electron chi connectivity index (χ4n) is 1.95. The number of ether oxygens (including phenoxy) is 2. The summed E-state index contributed by atoms with van der Waals surface area (Å²) in [4.78, 5) is 11.0. The van der Waals surface area contributed by atoms with Gasteiger partial charge in [-0.25, -0.2) is 0 Å². The monoisotopic (exact) mass is 315 g/mol. The molecule has 0 radical (unpaired) electrons. The van der Waals surface area contributed by atoms with Crippen LogP contribution in [0.15, 0.2) is 10.5 Å². The van der Waals surface area contributed by atoms with Crippen LogP contribution in [0.1, 0.15) is 23.6 Å². The highest BCUT2D eigenvalue weighted by molar-refractivity contribution is 9.10. The Balaban J connectivity index is 2.55. The Morgan fingerprint density at radius 1 is 1.50 bits per heavy atom. The molecule has 0 bridgehead atoms. The first-order valence-electron chi connectivity index (χ1n) is 5.59. The summed E-state index contributed by atoms with van der Waals surface area (Å²) in [5.41, 5.74) is 6.91. The summed E-state index contributed by atoms with van der Waals surface area (Å²) in [6.07, 6.45) is 0.798. The number of benzene rings is 1. The zero-order chi connectivity index (χ0) is 13.3. The SMILES string of the molecule is Cc1c2c(cc(Br)c1C(N)C(=O)O)OCCCO2. The summed E-state index contributed by atoms with van der Waals surface area (Å²) < 4.78 is 11.8. The summed E-state index contributed by atoms with van der Waals surface area (Å²) in [5.74, 6) is 0.133. The average molecular weight is 316 g/mol. The van der Waals surface area contributed by atoms with E-state index < -0.39 is 12.0 Å². The van der Waals surface area contributed by atoms with Crippen molar-refractivity contribution < 1.29 is 19.4 Å². The van der Waals surface area contributed by atoms with Gasteiger partial charge in [0, 0.05) is 22.0 Å². The molecular weight excluding hydrogens is 302 g/mol. The van der Waals surface area contributed by atoms with Gasteiger partial charge in [0.2, 0.25) is 0 Å². The Bertz CT molecular complexity index is 489. The molecule has 0 aromatic heterocycles. The molecule has 5 nitrogen and oxygen atoms in total. The topological polar surface area (TPSA) is 81.8 Å². The highest BCUT2D eigenvalue weighted by Crippen LogP contribution is 2.41. The zero-order valence-corrected chi connectivity index (χ0v) is 11.5. The number of rotatable bonds is 2. The van der Waals surface area contributed by atoms with E-state index in [1.54, 1.807) is 13.0 Å². The summed E-state index contributed by atoms with van der Waals surface area (Å²) in [5, 5.41) is 9.03. The largest absolute Gasteiger partial charge is 0.490 e. The van der Waals surface area contributed by atoms with Crippen LogP contribution in [0.25, 0.3) is 0 Å². The van der Waals surface area contributed by atoms with Crippen molar-refractivity contribution in [2.75, 3.05) is 13.2 Å². The van der Waals surface area contributed by atoms with Crippen molar-refractivity contribution in [1.82, 2.24) is 0 Å². The fourth-order valence-corrected chi connectivity index (χ4v) is 2.70. The van der Waals surface area contributed by atoms with Crippen molar-refractivity contribution in [3.63, 3.8) is 0 Å². The molecule has 1 aliphatic rings. The highest BCUT2D eigenvalue weighted by Gasteiger charge is 2.25. The maximum atomic E-state index is 11.0. The molecule has 1 unspecified atom stereocenters. The number of carboxylic acids is 1. The molecule has 2 rings (SSSR count). The first-order valence-corrected chi connectivity index (χ1v) is 6.38. The molecule has 0 fully saturated rings. The van der Waals surface area contributed by atoms with Gasteiger partial charge in [0.05, 0.1) is 13.2 Å². The van der Waals surface area contributed by atoms with Gasteiger partial charge in [-0.3, -0.25) is 4.79 Å². The van der Waals surface area contributed by atoms with Crippen LogP contribution < -0.4 is 15.2 Å². The molecule has 1 aliphatic heterocycles. The van der Waals surface area contributed by atoms with Gasteiger partial charge in [0.1, 0.15) is 6.04 Å². The van der Waals surface area contributed by atoms with Crippen molar-refractivity contribution in [1.29, 1.82) is 0 Å². The van der Waals surface area contributed by atoms with Gasteiger partial charge in [-0.2, -0.15) is 0 Å². The average Bonchev–Trinajstić information content (AvgIpc) is 2.54. The molecule has 3 N–H and O–H groups in total. The maximum absolute atomic E-state index is 11.0. The molecule has 18 heavy (non-hydrogen) atoms. The van der Waals surface area contributed by atoms with E-state index >= 15 is 0 Å². The van der Waals surface area contributed by atoms with Crippen LogP contribution in [0.4, 0.5) is 0 Å². The fraction of sp³-hybridized carbons (Fsp3) is 0.417. The Labute approximate surface area is 113 Å². The van der Waals surface area contributed by atoms with Gasteiger partial charge >= 0.3 is 5.97 Å². The van der Waals surface area contributed by atoms with Crippen LogP contribution in [0, 0.1) is 6.92 Å². The van der Waals surface area contributed by atoms with Crippen LogP contribution in [0.3, 0.4) is 0 Å². The quantitative estimate of drug-likeness (QED) is 0.872. The van der Waals surface area contributed by atoms with Crippen molar-refractivity contribution in [2.24, 2.45) is 5.73 Å². The smallest absolute Gasteiger partial charge is 0.325 e. The lowest BCUT2D eigenvalue weighted by molar-refractivity contribution is -0.138. The van der Waals surface area contributed by atoms with Crippen molar-refractivity contribution >= 4 is 21.9 Å². The summed E-state index contributed by atoms with van der Waals surface area (Å²) in [6.45, 7) is 2.93.